The summed E-state index contributed by atoms with van der Waals surface area (Å²) in [6.07, 6.45) is 2.83. The predicted molar refractivity (Wildman–Crippen MR) is 73.1 cm³/mol. The molecule has 0 spiro atoms. The Morgan fingerprint density at radius 2 is 1.67 bits per heavy atom. The largest absolute Gasteiger partial charge is 0.506 e. The Labute approximate surface area is 118 Å². The van der Waals surface area contributed by atoms with E-state index in [0.717, 1.165) is 0 Å². The summed E-state index contributed by atoms with van der Waals surface area (Å²) in [4.78, 5) is 15.5. The number of hydrogen-bond acceptors (Lipinski definition) is 3. The third-order valence-electron chi connectivity index (χ3n) is 2.17. The highest BCUT2D eigenvalue weighted by atomic mass is 35.5. The summed E-state index contributed by atoms with van der Waals surface area (Å²) >= 11 is 17.2. The van der Waals surface area contributed by atoms with E-state index < -0.39 is 5.78 Å². The molecular weight excluding hydrogens is 296 g/mol. The second kappa shape index (κ2) is 5.14. The highest BCUT2D eigenvalue weighted by molar-refractivity contribution is 6.57. The molecule has 2 rings (SSSR count). The second-order valence-electron chi connectivity index (χ2n) is 3.49. The van der Waals surface area contributed by atoms with Crippen molar-refractivity contribution in [3.63, 3.8) is 0 Å². The Bertz CT molecular complexity index is 594. The van der Waals surface area contributed by atoms with Gasteiger partial charge in [0.25, 0.3) is 0 Å². The molecule has 6 heteroatoms. The molecule has 92 valence electrons. The van der Waals surface area contributed by atoms with Crippen molar-refractivity contribution in [2.24, 2.45) is 4.99 Å². The number of carbonyl (C=O) groups excluding carboxylic acids is 1. The quantitative estimate of drug-likeness (QED) is 0.799. The fourth-order valence-electron chi connectivity index (χ4n) is 1.33. The van der Waals surface area contributed by atoms with Crippen LogP contribution in [0.3, 0.4) is 0 Å². The van der Waals surface area contributed by atoms with Gasteiger partial charge in [-0.2, -0.15) is 0 Å². The monoisotopic (exact) mass is 301 g/mol. The van der Waals surface area contributed by atoms with E-state index in [1.54, 1.807) is 6.07 Å². The van der Waals surface area contributed by atoms with Gasteiger partial charge in [0.15, 0.2) is 0 Å². The van der Waals surface area contributed by atoms with E-state index in [-0.39, 0.29) is 20.8 Å². The number of rotatable bonds is 1. The first-order valence-electron chi connectivity index (χ1n) is 4.83. The minimum atomic E-state index is -0.430. The summed E-state index contributed by atoms with van der Waals surface area (Å²) in [5, 5.41) is 9.48. The zero-order chi connectivity index (χ0) is 13.3. The SMILES string of the molecule is O=C1C(Cl)=CC(=Nc2ccc(O)c(Cl)c2)C=C1Cl. The molecule has 0 aromatic heterocycles. The molecular formula is C12H6Cl3NO2. The minimum absolute atomic E-state index is 0.00567. The van der Waals surface area contributed by atoms with E-state index in [1.165, 1.54) is 24.3 Å². The maximum absolute atomic E-state index is 11.3. The Kier molecular flexibility index (Phi) is 3.76. The number of phenolic OH excluding ortho intramolecular Hbond substituents is 1. The van der Waals surface area contributed by atoms with Crippen molar-refractivity contribution in [1.29, 1.82) is 0 Å². The number of phenols is 1. The molecule has 0 heterocycles. The molecule has 0 bridgehead atoms. The third kappa shape index (κ3) is 2.75. The molecule has 0 radical (unpaired) electrons. The van der Waals surface area contributed by atoms with E-state index in [1.807, 2.05) is 0 Å². The molecule has 0 amide bonds. The van der Waals surface area contributed by atoms with Crippen LogP contribution in [0, 0.1) is 0 Å². The van der Waals surface area contributed by atoms with Crippen LogP contribution in [0.1, 0.15) is 0 Å². The van der Waals surface area contributed by atoms with Crippen LogP contribution in [0.4, 0.5) is 5.69 Å². The van der Waals surface area contributed by atoms with Crippen molar-refractivity contribution in [3.8, 4) is 5.75 Å². The molecule has 1 aromatic carbocycles. The molecule has 3 nitrogen and oxygen atoms in total. The van der Waals surface area contributed by atoms with Crippen LogP contribution in [0.15, 0.2) is 45.4 Å². The molecule has 18 heavy (non-hydrogen) atoms. The van der Waals surface area contributed by atoms with Crippen LogP contribution in [-0.4, -0.2) is 16.6 Å². The molecule has 0 atom stereocenters. The number of aromatic hydroxyl groups is 1. The van der Waals surface area contributed by atoms with E-state index >= 15 is 0 Å². The van der Waals surface area contributed by atoms with Gasteiger partial charge in [-0.1, -0.05) is 34.8 Å². The fourth-order valence-corrected chi connectivity index (χ4v) is 1.98. The summed E-state index contributed by atoms with van der Waals surface area (Å²) in [7, 11) is 0. The number of allylic oxidation sites excluding steroid dienone is 4. The van der Waals surface area contributed by atoms with Gasteiger partial charge in [-0.25, -0.2) is 4.99 Å². The van der Waals surface area contributed by atoms with Crippen LogP contribution in [-0.2, 0) is 4.79 Å². The van der Waals surface area contributed by atoms with E-state index in [9.17, 15) is 9.90 Å². The molecule has 0 unspecified atom stereocenters. The standard InChI is InChI=1S/C12H6Cl3NO2/c13-8-3-6(1-2-11(8)17)16-7-4-9(14)12(18)10(15)5-7/h1-5,17H. The van der Waals surface area contributed by atoms with Crippen LogP contribution in [0.5, 0.6) is 5.75 Å². The predicted octanol–water partition coefficient (Wildman–Crippen LogP) is 3.95. The van der Waals surface area contributed by atoms with Crippen LogP contribution in [0.2, 0.25) is 5.02 Å². The third-order valence-corrected chi connectivity index (χ3v) is 3.04. The zero-order valence-electron chi connectivity index (χ0n) is 8.82. The van der Waals surface area contributed by atoms with Crippen LogP contribution in [0.25, 0.3) is 0 Å². The second-order valence-corrected chi connectivity index (χ2v) is 4.71. The molecule has 0 aliphatic heterocycles. The lowest BCUT2D eigenvalue weighted by molar-refractivity contribution is -0.111. The average molecular weight is 303 g/mol. The van der Waals surface area contributed by atoms with Gasteiger partial charge >= 0.3 is 0 Å². The van der Waals surface area contributed by atoms with E-state index in [4.69, 9.17) is 34.8 Å². The van der Waals surface area contributed by atoms with Crippen molar-refractivity contribution in [3.05, 3.63) is 45.4 Å². The van der Waals surface area contributed by atoms with Gasteiger partial charge in [0.1, 0.15) is 5.75 Å². The number of hydrogen-bond donors (Lipinski definition) is 1. The van der Waals surface area contributed by atoms with Crippen molar-refractivity contribution in [1.82, 2.24) is 0 Å². The van der Waals surface area contributed by atoms with Crippen LogP contribution < -0.4 is 0 Å². The number of nitrogens with zero attached hydrogens (tertiary/aromatic N) is 1. The fraction of sp³-hybridized carbons (Fsp3) is 0. The highest BCUT2D eigenvalue weighted by Gasteiger charge is 2.17. The summed E-state index contributed by atoms with van der Waals surface area (Å²) < 4.78 is 0. The maximum Gasteiger partial charge on any atom is 0.215 e. The van der Waals surface area contributed by atoms with Crippen molar-refractivity contribution in [2.45, 2.75) is 0 Å². The van der Waals surface area contributed by atoms with E-state index in [2.05, 4.69) is 4.99 Å². The highest BCUT2D eigenvalue weighted by Crippen LogP contribution is 2.28. The average Bonchev–Trinajstić information content (AvgIpc) is 2.31. The topological polar surface area (TPSA) is 49.7 Å². The van der Waals surface area contributed by atoms with Gasteiger partial charge in [0.05, 0.1) is 26.5 Å². The number of aliphatic imine (C=N–C) groups is 1. The summed E-state index contributed by atoms with van der Waals surface area (Å²) in [6.45, 7) is 0. The van der Waals surface area contributed by atoms with Crippen molar-refractivity contribution >= 4 is 52.0 Å². The molecule has 1 aliphatic carbocycles. The Hall–Kier alpha value is -1.29. The molecule has 0 saturated heterocycles. The van der Waals surface area contributed by atoms with Gasteiger partial charge in [0, 0.05) is 0 Å². The zero-order valence-corrected chi connectivity index (χ0v) is 11.1. The first kappa shape index (κ1) is 13.1. The van der Waals surface area contributed by atoms with Gasteiger partial charge in [-0.05, 0) is 30.4 Å². The number of benzene rings is 1. The molecule has 0 saturated carbocycles. The molecule has 0 fully saturated rings. The van der Waals surface area contributed by atoms with Gasteiger partial charge in [0.2, 0.25) is 5.78 Å². The van der Waals surface area contributed by atoms with Crippen molar-refractivity contribution < 1.29 is 9.90 Å². The lowest BCUT2D eigenvalue weighted by Gasteiger charge is -2.06. The number of halogens is 3. The number of Topliss-reactive ketones (excluding diaryl/α,β-unsaturated/α-hetero) is 1. The lowest BCUT2D eigenvalue weighted by Crippen LogP contribution is -2.07. The summed E-state index contributed by atoms with van der Waals surface area (Å²) in [5.74, 6) is -0.456. The number of carbonyl (C=O) groups is 1. The lowest BCUT2D eigenvalue weighted by atomic mass is 10.1. The normalized spacial score (nSPS) is 15.3. The number of ketones is 1. The van der Waals surface area contributed by atoms with Crippen LogP contribution >= 0.6 is 34.8 Å². The molecule has 1 aromatic rings. The van der Waals surface area contributed by atoms with E-state index in [0.29, 0.717) is 11.4 Å². The maximum atomic E-state index is 11.3. The molecule has 1 N–H and O–H groups in total. The smallest absolute Gasteiger partial charge is 0.215 e. The first-order valence-corrected chi connectivity index (χ1v) is 5.97. The molecule has 1 aliphatic rings. The minimum Gasteiger partial charge on any atom is -0.506 e. The Morgan fingerprint density at radius 1 is 1.06 bits per heavy atom. The Morgan fingerprint density at radius 3 is 2.22 bits per heavy atom. The van der Waals surface area contributed by atoms with Gasteiger partial charge in [-0.3, -0.25) is 4.79 Å². The first-order chi connectivity index (χ1) is 8.47. The summed E-state index contributed by atoms with van der Waals surface area (Å²) in [6, 6.07) is 4.49. The van der Waals surface area contributed by atoms with Gasteiger partial charge in [-0.15, -0.1) is 0 Å². The Balaban J connectivity index is 2.40. The van der Waals surface area contributed by atoms with Crippen molar-refractivity contribution in [2.75, 3.05) is 0 Å². The summed E-state index contributed by atoms with van der Waals surface area (Å²) in [5.41, 5.74) is 0.954. The van der Waals surface area contributed by atoms with Gasteiger partial charge < -0.3 is 5.11 Å².